The third-order valence-corrected chi connectivity index (χ3v) is 7.87. The Balaban J connectivity index is 1.15. The van der Waals surface area contributed by atoms with Crippen molar-refractivity contribution in [1.82, 2.24) is 14.7 Å². The van der Waals surface area contributed by atoms with Gasteiger partial charge in [0.05, 0.1) is 25.1 Å². The average Bonchev–Trinajstić information content (AvgIpc) is 3.39. The zero-order chi connectivity index (χ0) is 33.6. The molecule has 0 spiro atoms. The van der Waals surface area contributed by atoms with E-state index in [2.05, 4.69) is 104 Å². The fraction of sp³-hybridized carbons (Fsp3) is 0.513. The lowest BCUT2D eigenvalue weighted by Crippen LogP contribution is -2.42. The number of pyridine rings is 1. The lowest BCUT2D eigenvalue weighted by molar-refractivity contribution is 0.0425. The molecule has 4 rings (SSSR count). The number of anilines is 1. The van der Waals surface area contributed by atoms with E-state index in [4.69, 9.17) is 19.2 Å². The maximum Gasteiger partial charge on any atom is 0.137 e. The van der Waals surface area contributed by atoms with Crippen LogP contribution in [0.1, 0.15) is 93.3 Å². The fourth-order valence-corrected chi connectivity index (χ4v) is 5.09. The number of fused-ring (bicyclic) bond motifs is 1. The molecular formula is C39H56N4O3. The Labute approximate surface area is 277 Å². The third-order valence-electron chi connectivity index (χ3n) is 7.87. The molecule has 46 heavy (non-hydrogen) atoms. The first-order valence-electron chi connectivity index (χ1n) is 16.6. The number of nitrogens with zero attached hydrogens (tertiary/aromatic N) is 2. The molecule has 7 heteroatoms. The Bertz CT molecular complexity index is 1540. The Hall–Kier alpha value is -3.55. The van der Waals surface area contributed by atoms with Gasteiger partial charge in [-0.2, -0.15) is 0 Å². The van der Waals surface area contributed by atoms with E-state index >= 15 is 0 Å². The van der Waals surface area contributed by atoms with Gasteiger partial charge in [-0.1, -0.05) is 52.8 Å². The predicted molar refractivity (Wildman–Crippen MR) is 190 cm³/mol. The van der Waals surface area contributed by atoms with Crippen molar-refractivity contribution in [3.8, 4) is 17.2 Å². The highest BCUT2D eigenvalue weighted by molar-refractivity contribution is 5.50. The van der Waals surface area contributed by atoms with Crippen LogP contribution in [0.4, 0.5) is 5.69 Å². The lowest BCUT2D eigenvalue weighted by Gasteiger charge is -2.32. The zero-order valence-electron chi connectivity index (χ0n) is 29.8. The van der Waals surface area contributed by atoms with Crippen LogP contribution in [0.5, 0.6) is 17.2 Å². The van der Waals surface area contributed by atoms with Gasteiger partial charge in [0.25, 0.3) is 0 Å². The number of aromatic nitrogens is 2. The van der Waals surface area contributed by atoms with Gasteiger partial charge in [-0.15, -0.1) is 0 Å². The molecular weight excluding hydrogens is 572 g/mol. The zero-order valence-corrected chi connectivity index (χ0v) is 29.8. The molecule has 0 saturated heterocycles. The second kappa shape index (κ2) is 14.5. The highest BCUT2D eigenvalue weighted by Gasteiger charge is 2.24. The summed E-state index contributed by atoms with van der Waals surface area (Å²) in [5.41, 5.74) is 4.27. The molecule has 0 atom stereocenters. The van der Waals surface area contributed by atoms with E-state index in [1.165, 1.54) is 0 Å². The molecule has 0 aliphatic carbocycles. The highest BCUT2D eigenvalue weighted by atomic mass is 16.5. The van der Waals surface area contributed by atoms with E-state index in [1.807, 2.05) is 53.1 Å². The topological polar surface area (TPSA) is 69.1 Å². The minimum atomic E-state index is -0.00675. The number of rotatable bonds is 15. The first kappa shape index (κ1) is 35.3. The van der Waals surface area contributed by atoms with E-state index < -0.39 is 0 Å². The molecule has 0 fully saturated rings. The molecule has 0 aliphatic rings. The molecule has 0 saturated carbocycles. The summed E-state index contributed by atoms with van der Waals surface area (Å²) in [6, 6.07) is 20.2. The van der Waals surface area contributed by atoms with Crippen LogP contribution in [-0.2, 0) is 16.8 Å². The van der Waals surface area contributed by atoms with Crippen LogP contribution in [0.25, 0.3) is 5.65 Å². The molecule has 0 amide bonds. The van der Waals surface area contributed by atoms with E-state index in [0.29, 0.717) is 19.8 Å². The van der Waals surface area contributed by atoms with Gasteiger partial charge in [0.1, 0.15) is 29.5 Å². The molecule has 2 N–H and O–H groups in total. The minimum Gasteiger partial charge on any atom is -0.491 e. The molecule has 2 aromatic carbocycles. The van der Waals surface area contributed by atoms with E-state index in [1.54, 1.807) is 0 Å². The summed E-state index contributed by atoms with van der Waals surface area (Å²) in [5.74, 6) is 2.47. The summed E-state index contributed by atoms with van der Waals surface area (Å²) in [7, 11) is 0. The summed E-state index contributed by atoms with van der Waals surface area (Å²) >= 11 is 0. The Morgan fingerprint density at radius 2 is 1.48 bits per heavy atom. The second-order valence-corrected chi connectivity index (χ2v) is 16.0. The molecule has 4 aromatic rings. The lowest BCUT2D eigenvalue weighted by atomic mass is 9.83. The van der Waals surface area contributed by atoms with Crippen LogP contribution in [-0.4, -0.2) is 40.2 Å². The van der Waals surface area contributed by atoms with E-state index in [-0.39, 0.29) is 21.9 Å². The van der Waals surface area contributed by atoms with Crippen LogP contribution in [0.15, 0.2) is 73.1 Å². The van der Waals surface area contributed by atoms with Crippen LogP contribution in [0, 0.1) is 5.41 Å². The molecule has 2 aromatic heterocycles. The molecule has 2 heterocycles. The van der Waals surface area contributed by atoms with E-state index in [0.717, 1.165) is 59.2 Å². The quantitative estimate of drug-likeness (QED) is 0.128. The summed E-state index contributed by atoms with van der Waals surface area (Å²) in [6.45, 7) is 24.7. The monoisotopic (exact) mass is 628 g/mol. The van der Waals surface area contributed by atoms with Crippen molar-refractivity contribution in [1.29, 1.82) is 0 Å². The highest BCUT2D eigenvalue weighted by Crippen LogP contribution is 2.29. The van der Waals surface area contributed by atoms with Crippen LogP contribution >= 0.6 is 0 Å². The second-order valence-electron chi connectivity index (χ2n) is 16.0. The normalized spacial score (nSPS) is 12.8. The molecule has 0 aliphatic heterocycles. The van der Waals surface area contributed by atoms with Crippen LogP contribution in [0.2, 0.25) is 0 Å². The van der Waals surface area contributed by atoms with Gasteiger partial charge in [0, 0.05) is 41.0 Å². The largest absolute Gasteiger partial charge is 0.491 e. The Morgan fingerprint density at radius 3 is 2.17 bits per heavy atom. The minimum absolute atomic E-state index is 0.00526. The van der Waals surface area contributed by atoms with Gasteiger partial charge >= 0.3 is 0 Å². The number of imidazole rings is 1. The maximum atomic E-state index is 6.17. The van der Waals surface area contributed by atoms with Crippen molar-refractivity contribution >= 4 is 11.3 Å². The Morgan fingerprint density at radius 1 is 0.761 bits per heavy atom. The first-order chi connectivity index (χ1) is 21.5. The molecule has 0 bridgehead atoms. The SMILES string of the molecule is CC(C)(CCC(C)(C)NCCOc1ccc2nc(C(C)(C)C)cn2c1)COCc1ccc(Oc2cccc(NC(C)(C)C)c2)cc1. The van der Waals surface area contributed by atoms with Gasteiger partial charge in [-0.05, 0) is 94.8 Å². The van der Waals surface area contributed by atoms with Gasteiger partial charge in [-0.25, -0.2) is 4.98 Å². The van der Waals surface area contributed by atoms with Crippen LogP contribution < -0.4 is 20.1 Å². The third kappa shape index (κ3) is 11.4. The number of benzene rings is 2. The summed E-state index contributed by atoms with van der Waals surface area (Å²) < 4.78 is 20.4. The summed E-state index contributed by atoms with van der Waals surface area (Å²) in [5, 5.41) is 7.17. The standard InChI is InChI=1S/C39H56N4O3/c1-36(2,3)34-26-43-25-33(18-19-35(43)41-34)45-23-22-40-39(9,10)21-20-38(7,8)28-44-27-29-14-16-31(17-15-29)46-32-13-11-12-30(24-32)42-37(4,5)6/h11-19,24-26,40,42H,20-23,27-28H2,1-10H3. The first-order valence-corrected chi connectivity index (χ1v) is 16.6. The average molecular weight is 629 g/mol. The molecule has 7 nitrogen and oxygen atoms in total. The Kier molecular flexibility index (Phi) is 11.1. The summed E-state index contributed by atoms with van der Waals surface area (Å²) in [6.07, 6.45) is 6.20. The summed E-state index contributed by atoms with van der Waals surface area (Å²) in [4.78, 5) is 4.73. The maximum absolute atomic E-state index is 6.17. The number of hydrogen-bond donors (Lipinski definition) is 2. The van der Waals surface area contributed by atoms with Gasteiger partial charge in [-0.3, -0.25) is 0 Å². The van der Waals surface area contributed by atoms with Crippen molar-refractivity contribution in [3.63, 3.8) is 0 Å². The van der Waals surface area contributed by atoms with Gasteiger partial charge < -0.3 is 29.2 Å². The molecule has 0 unspecified atom stereocenters. The van der Waals surface area contributed by atoms with Gasteiger partial charge in [0.2, 0.25) is 0 Å². The van der Waals surface area contributed by atoms with Crippen LogP contribution in [0.3, 0.4) is 0 Å². The number of ether oxygens (including phenoxy) is 3. The van der Waals surface area contributed by atoms with Crippen molar-refractivity contribution in [2.24, 2.45) is 5.41 Å². The smallest absolute Gasteiger partial charge is 0.137 e. The number of nitrogens with one attached hydrogen (secondary N) is 2. The van der Waals surface area contributed by atoms with E-state index in [9.17, 15) is 0 Å². The number of hydrogen-bond acceptors (Lipinski definition) is 6. The fourth-order valence-electron chi connectivity index (χ4n) is 5.09. The van der Waals surface area contributed by atoms with Crippen molar-refractivity contribution in [2.45, 2.75) is 105 Å². The van der Waals surface area contributed by atoms with Crippen molar-refractivity contribution in [2.75, 3.05) is 25.1 Å². The molecule has 250 valence electrons. The molecule has 0 radical (unpaired) electrons. The van der Waals surface area contributed by atoms with Crippen molar-refractivity contribution < 1.29 is 14.2 Å². The van der Waals surface area contributed by atoms with Crippen molar-refractivity contribution in [3.05, 3.63) is 84.3 Å². The van der Waals surface area contributed by atoms with Gasteiger partial charge in [0.15, 0.2) is 0 Å². The predicted octanol–water partition coefficient (Wildman–Crippen LogP) is 9.40.